The highest BCUT2D eigenvalue weighted by molar-refractivity contribution is 5.76. The van der Waals surface area contributed by atoms with Gasteiger partial charge in [-0.3, -0.25) is 9.59 Å². The van der Waals surface area contributed by atoms with Crippen LogP contribution in [0.3, 0.4) is 0 Å². The molecule has 1 N–H and O–H groups in total. The first-order valence-electron chi connectivity index (χ1n) is 8.82. The molecule has 136 valence electrons. The third-order valence-corrected chi connectivity index (χ3v) is 6.08. The average Bonchev–Trinajstić information content (AvgIpc) is 2.46. The highest BCUT2D eigenvalue weighted by Crippen LogP contribution is 2.55. The Labute approximate surface area is 143 Å². The maximum absolute atomic E-state index is 12.8. The number of pyridine rings is 1. The minimum absolute atomic E-state index is 0.211. The Balaban J connectivity index is 1.49. The molecule has 0 unspecified atom stereocenters. The van der Waals surface area contributed by atoms with Gasteiger partial charge >= 0.3 is 6.18 Å². The average molecular weight is 354 g/mol. The van der Waals surface area contributed by atoms with Crippen LogP contribution in [0.2, 0.25) is 0 Å². The quantitative estimate of drug-likeness (QED) is 0.907. The van der Waals surface area contributed by atoms with Gasteiger partial charge in [-0.15, -0.1) is 0 Å². The lowest BCUT2D eigenvalue weighted by molar-refractivity contribution is -0.139. The molecule has 5 rings (SSSR count). The summed E-state index contributed by atoms with van der Waals surface area (Å²) in [6.45, 7) is -0.371. The van der Waals surface area contributed by atoms with Gasteiger partial charge in [-0.1, -0.05) is 0 Å². The number of halogens is 3. The number of carbonyl (C=O) groups excluding carboxylic acids is 1. The normalized spacial score (nSPS) is 33.5. The van der Waals surface area contributed by atoms with Gasteiger partial charge in [0.2, 0.25) is 5.91 Å². The SMILES string of the molecule is O=C(Cn1cccc(C(F)(F)F)c1=O)NC12CC3CC(CC(C3)C1)C2. The van der Waals surface area contributed by atoms with Crippen molar-refractivity contribution in [3.63, 3.8) is 0 Å². The van der Waals surface area contributed by atoms with Crippen LogP contribution in [0.4, 0.5) is 13.2 Å². The van der Waals surface area contributed by atoms with Crippen molar-refractivity contribution in [2.45, 2.75) is 56.8 Å². The van der Waals surface area contributed by atoms with Crippen molar-refractivity contribution >= 4 is 5.91 Å². The molecule has 25 heavy (non-hydrogen) atoms. The molecule has 0 atom stereocenters. The van der Waals surface area contributed by atoms with E-state index in [0.717, 1.165) is 36.0 Å². The van der Waals surface area contributed by atoms with E-state index in [0.29, 0.717) is 17.8 Å². The van der Waals surface area contributed by atoms with Crippen molar-refractivity contribution < 1.29 is 18.0 Å². The van der Waals surface area contributed by atoms with E-state index in [1.165, 1.54) is 25.5 Å². The molecular weight excluding hydrogens is 333 g/mol. The monoisotopic (exact) mass is 354 g/mol. The summed E-state index contributed by atoms with van der Waals surface area (Å²) >= 11 is 0. The van der Waals surface area contributed by atoms with Crippen LogP contribution >= 0.6 is 0 Å². The molecule has 7 heteroatoms. The fourth-order valence-corrected chi connectivity index (χ4v) is 5.63. The van der Waals surface area contributed by atoms with Gasteiger partial charge in [0.1, 0.15) is 12.1 Å². The van der Waals surface area contributed by atoms with Crippen molar-refractivity contribution in [2.75, 3.05) is 0 Å². The van der Waals surface area contributed by atoms with Crippen LogP contribution in [-0.2, 0) is 17.5 Å². The summed E-state index contributed by atoms with van der Waals surface area (Å²) in [5.41, 5.74) is -2.62. The number of hydrogen-bond acceptors (Lipinski definition) is 2. The second-order valence-electron chi connectivity index (χ2n) is 8.10. The number of alkyl halides is 3. The van der Waals surface area contributed by atoms with Gasteiger partial charge in [-0.25, -0.2) is 0 Å². The molecule has 0 aliphatic heterocycles. The molecule has 0 spiro atoms. The van der Waals surface area contributed by atoms with Gasteiger partial charge in [0.25, 0.3) is 5.56 Å². The zero-order valence-corrected chi connectivity index (χ0v) is 13.8. The summed E-state index contributed by atoms with van der Waals surface area (Å²) in [6, 6.07) is 1.90. The zero-order chi connectivity index (χ0) is 17.8. The van der Waals surface area contributed by atoms with Crippen LogP contribution in [-0.4, -0.2) is 16.0 Å². The number of amides is 1. The summed E-state index contributed by atoms with van der Waals surface area (Å²) in [4.78, 5) is 24.4. The third-order valence-electron chi connectivity index (χ3n) is 6.08. The zero-order valence-electron chi connectivity index (χ0n) is 13.8. The van der Waals surface area contributed by atoms with Crippen LogP contribution in [0.5, 0.6) is 0 Å². The molecule has 0 radical (unpaired) electrons. The second-order valence-corrected chi connectivity index (χ2v) is 8.10. The minimum atomic E-state index is -4.71. The van der Waals surface area contributed by atoms with E-state index in [1.807, 2.05) is 0 Å². The van der Waals surface area contributed by atoms with Gasteiger partial charge in [0, 0.05) is 11.7 Å². The Hall–Kier alpha value is -1.79. The van der Waals surface area contributed by atoms with Gasteiger partial charge in [-0.2, -0.15) is 13.2 Å². The van der Waals surface area contributed by atoms with E-state index in [1.54, 1.807) is 0 Å². The highest BCUT2D eigenvalue weighted by atomic mass is 19.4. The Morgan fingerprint density at radius 1 is 1.16 bits per heavy atom. The van der Waals surface area contributed by atoms with Crippen molar-refractivity contribution in [3.05, 3.63) is 34.2 Å². The molecule has 4 aliphatic carbocycles. The second kappa shape index (κ2) is 5.61. The summed E-state index contributed by atoms with van der Waals surface area (Å²) in [5, 5.41) is 3.08. The minimum Gasteiger partial charge on any atom is -0.349 e. The molecule has 1 aromatic heterocycles. The van der Waals surface area contributed by atoms with E-state index in [4.69, 9.17) is 0 Å². The molecule has 1 heterocycles. The Morgan fingerprint density at radius 3 is 2.24 bits per heavy atom. The van der Waals surface area contributed by atoms with E-state index < -0.39 is 17.3 Å². The van der Waals surface area contributed by atoms with Gasteiger partial charge < -0.3 is 9.88 Å². The summed E-state index contributed by atoms with van der Waals surface area (Å²) in [5.74, 6) is 1.59. The van der Waals surface area contributed by atoms with Gasteiger partial charge in [0.05, 0.1) is 0 Å². The first-order valence-corrected chi connectivity index (χ1v) is 8.82. The van der Waals surface area contributed by atoms with Crippen LogP contribution < -0.4 is 10.9 Å². The molecule has 4 fully saturated rings. The molecular formula is C18H21F3N2O2. The number of carbonyl (C=O) groups is 1. The number of rotatable bonds is 3. The van der Waals surface area contributed by atoms with Crippen molar-refractivity contribution in [1.29, 1.82) is 0 Å². The Morgan fingerprint density at radius 2 is 1.72 bits per heavy atom. The van der Waals surface area contributed by atoms with E-state index in [2.05, 4.69) is 5.32 Å². The first kappa shape index (κ1) is 16.7. The maximum atomic E-state index is 12.8. The van der Waals surface area contributed by atoms with Crippen LogP contribution in [0.1, 0.15) is 44.1 Å². The molecule has 4 aliphatic rings. The molecule has 1 amide bonds. The van der Waals surface area contributed by atoms with Crippen LogP contribution in [0, 0.1) is 17.8 Å². The number of hydrogen-bond donors (Lipinski definition) is 1. The van der Waals surface area contributed by atoms with E-state index in [-0.39, 0.29) is 18.0 Å². The van der Waals surface area contributed by atoms with Crippen molar-refractivity contribution in [1.82, 2.24) is 9.88 Å². The fourth-order valence-electron chi connectivity index (χ4n) is 5.63. The molecule has 4 saturated carbocycles. The van der Waals surface area contributed by atoms with E-state index in [9.17, 15) is 22.8 Å². The Bertz CT molecular complexity index is 718. The van der Waals surface area contributed by atoms with Gasteiger partial charge in [0.15, 0.2) is 0 Å². The fraction of sp³-hybridized carbons (Fsp3) is 0.667. The first-order chi connectivity index (χ1) is 11.7. The number of nitrogens with zero attached hydrogens (tertiary/aromatic N) is 1. The standard InChI is InChI=1S/C18H21F3N2O2/c19-18(20,21)14-2-1-3-23(16(14)25)10-15(24)22-17-7-11-4-12(8-17)6-13(5-11)9-17/h1-3,11-13H,4-10H2,(H,22,24). The van der Waals surface area contributed by atoms with Gasteiger partial charge in [-0.05, 0) is 68.4 Å². The van der Waals surface area contributed by atoms with Crippen molar-refractivity contribution in [3.8, 4) is 0 Å². The lowest BCUT2D eigenvalue weighted by atomic mass is 9.53. The predicted octanol–water partition coefficient (Wildman–Crippen LogP) is 2.95. The maximum Gasteiger partial charge on any atom is 0.421 e. The molecule has 0 saturated heterocycles. The van der Waals surface area contributed by atoms with E-state index >= 15 is 0 Å². The summed E-state index contributed by atoms with van der Waals surface area (Å²) in [7, 11) is 0. The van der Waals surface area contributed by atoms with Crippen LogP contribution in [0.15, 0.2) is 23.1 Å². The molecule has 4 nitrogen and oxygen atoms in total. The van der Waals surface area contributed by atoms with Crippen molar-refractivity contribution in [2.24, 2.45) is 17.8 Å². The molecule has 4 bridgehead atoms. The summed E-state index contributed by atoms with van der Waals surface area (Å²) in [6.07, 6.45) is 3.12. The predicted molar refractivity (Wildman–Crippen MR) is 84.7 cm³/mol. The molecule has 0 aromatic carbocycles. The van der Waals surface area contributed by atoms with Crippen LogP contribution in [0.25, 0.3) is 0 Å². The highest BCUT2D eigenvalue weighted by Gasteiger charge is 2.51. The smallest absolute Gasteiger partial charge is 0.349 e. The largest absolute Gasteiger partial charge is 0.421 e. The lowest BCUT2D eigenvalue weighted by Crippen LogP contribution is -2.60. The Kier molecular flexibility index (Phi) is 3.74. The number of nitrogens with one attached hydrogen (secondary N) is 1. The molecule has 1 aromatic rings. The summed E-state index contributed by atoms with van der Waals surface area (Å²) < 4.78 is 39.4. The lowest BCUT2D eigenvalue weighted by Gasteiger charge is -2.56. The topological polar surface area (TPSA) is 51.1 Å². The third kappa shape index (κ3) is 3.09. The number of aromatic nitrogens is 1.